The molecule has 2 aromatic rings. The molecule has 2 unspecified atom stereocenters. The van der Waals surface area contributed by atoms with Crippen LogP contribution in [0.15, 0.2) is 42.5 Å². The van der Waals surface area contributed by atoms with E-state index < -0.39 is 0 Å². The normalized spacial score (nSPS) is 19.8. The number of ether oxygens (including phenoxy) is 1. The molecule has 0 amide bonds. The maximum Gasteiger partial charge on any atom is 0.0889 e. The Morgan fingerprint density at radius 3 is 2.61 bits per heavy atom. The van der Waals surface area contributed by atoms with E-state index in [1.807, 2.05) is 12.1 Å². The summed E-state index contributed by atoms with van der Waals surface area (Å²) in [4.78, 5) is 0. The number of hydrogen-bond acceptors (Lipinski definition) is 1. The molecule has 0 bridgehead atoms. The molecule has 1 heterocycles. The quantitative estimate of drug-likeness (QED) is 0.857. The van der Waals surface area contributed by atoms with E-state index in [-0.39, 0.29) is 24.6 Å². The van der Waals surface area contributed by atoms with Crippen LogP contribution in [0.3, 0.4) is 0 Å². The highest BCUT2D eigenvalue weighted by molar-refractivity contribution is 6.30. The van der Waals surface area contributed by atoms with Gasteiger partial charge in [0.05, 0.1) is 25.8 Å². The predicted octanol–water partition coefficient (Wildman–Crippen LogP) is 0.591. The first kappa shape index (κ1) is 18.3. The van der Waals surface area contributed by atoms with Crippen LogP contribution in [0.4, 0.5) is 0 Å². The molecule has 2 nitrogen and oxygen atoms in total. The van der Waals surface area contributed by atoms with Gasteiger partial charge in [-0.15, -0.1) is 0 Å². The SMILES string of the molecule is C[NH2+]CCC1OC(c2ccc(Cl)cc2)Cc2cc(C)ccc21.[Cl-]. The van der Waals surface area contributed by atoms with Crippen molar-refractivity contribution in [2.45, 2.75) is 32.0 Å². The van der Waals surface area contributed by atoms with Crippen molar-refractivity contribution in [3.05, 3.63) is 69.7 Å². The number of fused-ring (bicyclic) bond motifs is 1. The Labute approximate surface area is 149 Å². The number of benzene rings is 2. The summed E-state index contributed by atoms with van der Waals surface area (Å²) < 4.78 is 6.42. The van der Waals surface area contributed by atoms with Crippen LogP contribution in [-0.4, -0.2) is 13.6 Å². The van der Waals surface area contributed by atoms with Gasteiger partial charge < -0.3 is 22.5 Å². The topological polar surface area (TPSA) is 25.8 Å². The smallest absolute Gasteiger partial charge is 0.0889 e. The van der Waals surface area contributed by atoms with Crippen LogP contribution in [0.5, 0.6) is 0 Å². The molecule has 2 atom stereocenters. The van der Waals surface area contributed by atoms with Gasteiger partial charge in [0, 0.05) is 17.9 Å². The van der Waals surface area contributed by atoms with Crippen molar-refractivity contribution in [1.29, 1.82) is 0 Å². The number of nitrogens with two attached hydrogens (primary N) is 1. The Kier molecular flexibility index (Phi) is 6.49. The Morgan fingerprint density at radius 2 is 1.91 bits per heavy atom. The van der Waals surface area contributed by atoms with Crippen molar-refractivity contribution in [2.75, 3.05) is 13.6 Å². The average Bonchev–Trinajstić information content (AvgIpc) is 2.52. The lowest BCUT2D eigenvalue weighted by molar-refractivity contribution is -0.628. The maximum absolute atomic E-state index is 6.42. The van der Waals surface area contributed by atoms with Crippen molar-refractivity contribution in [2.24, 2.45) is 0 Å². The Hall–Kier alpha value is -1.06. The zero-order valence-corrected chi connectivity index (χ0v) is 15.1. The molecule has 3 rings (SSSR count). The van der Waals surface area contributed by atoms with E-state index in [9.17, 15) is 0 Å². The third-order valence-corrected chi connectivity index (χ3v) is 4.59. The molecule has 0 fully saturated rings. The lowest BCUT2D eigenvalue weighted by Gasteiger charge is -2.32. The van der Waals surface area contributed by atoms with Gasteiger partial charge in [-0.25, -0.2) is 0 Å². The summed E-state index contributed by atoms with van der Waals surface area (Å²) in [6.07, 6.45) is 2.27. The minimum Gasteiger partial charge on any atom is -1.00 e. The van der Waals surface area contributed by atoms with Crippen molar-refractivity contribution in [3.8, 4) is 0 Å². The van der Waals surface area contributed by atoms with E-state index in [4.69, 9.17) is 16.3 Å². The molecular formula is C19H23Cl2NO. The van der Waals surface area contributed by atoms with Crippen LogP contribution >= 0.6 is 11.6 Å². The van der Waals surface area contributed by atoms with Gasteiger partial charge in [0.25, 0.3) is 0 Å². The van der Waals surface area contributed by atoms with Gasteiger partial charge in [0.15, 0.2) is 0 Å². The molecule has 0 aliphatic carbocycles. The fourth-order valence-electron chi connectivity index (χ4n) is 3.16. The van der Waals surface area contributed by atoms with Gasteiger partial charge in [0.2, 0.25) is 0 Å². The number of rotatable bonds is 4. The lowest BCUT2D eigenvalue weighted by Crippen LogP contribution is -3.00. The first-order chi connectivity index (χ1) is 10.7. The molecule has 2 aromatic carbocycles. The second-order valence-electron chi connectivity index (χ2n) is 6.06. The van der Waals surface area contributed by atoms with Gasteiger partial charge in [0.1, 0.15) is 0 Å². The van der Waals surface area contributed by atoms with E-state index in [2.05, 4.69) is 49.6 Å². The minimum atomic E-state index is 0. The van der Waals surface area contributed by atoms with E-state index >= 15 is 0 Å². The van der Waals surface area contributed by atoms with Crippen LogP contribution in [0.1, 0.15) is 40.9 Å². The van der Waals surface area contributed by atoms with Crippen LogP contribution in [0.2, 0.25) is 5.02 Å². The van der Waals surface area contributed by atoms with Crippen molar-refractivity contribution in [3.63, 3.8) is 0 Å². The van der Waals surface area contributed by atoms with Crippen LogP contribution in [0.25, 0.3) is 0 Å². The Bertz CT molecular complexity index is 642. The van der Waals surface area contributed by atoms with Gasteiger partial charge in [-0.3, -0.25) is 0 Å². The Balaban J connectivity index is 0.00000192. The summed E-state index contributed by atoms with van der Waals surface area (Å²) in [5, 5.41) is 2.98. The molecule has 0 aromatic heterocycles. The first-order valence-electron chi connectivity index (χ1n) is 7.95. The highest BCUT2D eigenvalue weighted by atomic mass is 35.5. The number of quaternary nitrogens is 1. The zero-order chi connectivity index (χ0) is 15.5. The summed E-state index contributed by atoms with van der Waals surface area (Å²) in [5.74, 6) is 0. The molecule has 0 radical (unpaired) electrons. The second-order valence-corrected chi connectivity index (χ2v) is 6.49. The van der Waals surface area contributed by atoms with Crippen molar-refractivity contribution >= 4 is 11.6 Å². The van der Waals surface area contributed by atoms with E-state index in [1.54, 1.807) is 0 Å². The van der Waals surface area contributed by atoms with Gasteiger partial charge >= 0.3 is 0 Å². The summed E-state index contributed by atoms with van der Waals surface area (Å²) in [7, 11) is 2.11. The highest BCUT2D eigenvalue weighted by Crippen LogP contribution is 2.39. The zero-order valence-electron chi connectivity index (χ0n) is 13.6. The molecule has 2 N–H and O–H groups in total. The fraction of sp³-hybridized carbons (Fsp3) is 0.368. The summed E-state index contributed by atoms with van der Waals surface area (Å²) >= 11 is 6.00. The predicted molar refractivity (Wildman–Crippen MR) is 90.2 cm³/mol. The summed E-state index contributed by atoms with van der Waals surface area (Å²) in [6, 6.07) is 14.8. The molecule has 1 aliphatic rings. The van der Waals surface area contributed by atoms with Crippen LogP contribution in [-0.2, 0) is 11.2 Å². The van der Waals surface area contributed by atoms with E-state index in [1.165, 1.54) is 22.3 Å². The highest BCUT2D eigenvalue weighted by Gasteiger charge is 2.28. The van der Waals surface area contributed by atoms with Crippen LogP contribution < -0.4 is 17.7 Å². The third-order valence-electron chi connectivity index (χ3n) is 4.34. The van der Waals surface area contributed by atoms with E-state index in [0.29, 0.717) is 0 Å². The fourth-order valence-corrected chi connectivity index (χ4v) is 3.29. The number of aryl methyl sites for hydroxylation is 1. The summed E-state index contributed by atoms with van der Waals surface area (Å²) in [6.45, 7) is 3.23. The van der Waals surface area contributed by atoms with Gasteiger partial charge in [-0.05, 0) is 35.7 Å². The standard InChI is InChI=1S/C19H22ClNO.ClH/c1-13-3-8-17-15(11-13)12-19(22-18(17)9-10-21-2)14-4-6-16(20)7-5-14;/h3-8,11,18-19,21H,9-10,12H2,1-2H3;1H. The Morgan fingerprint density at radius 1 is 1.17 bits per heavy atom. The van der Waals surface area contributed by atoms with Crippen molar-refractivity contribution < 1.29 is 22.5 Å². The molecule has 0 saturated carbocycles. The molecule has 23 heavy (non-hydrogen) atoms. The van der Waals surface area contributed by atoms with Gasteiger partial charge in [-0.2, -0.15) is 0 Å². The number of hydrogen-bond donors (Lipinski definition) is 1. The summed E-state index contributed by atoms with van der Waals surface area (Å²) in [5.41, 5.74) is 5.31. The molecule has 0 spiro atoms. The largest absolute Gasteiger partial charge is 1.00 e. The molecular weight excluding hydrogens is 329 g/mol. The first-order valence-corrected chi connectivity index (χ1v) is 8.33. The molecule has 124 valence electrons. The monoisotopic (exact) mass is 351 g/mol. The molecule has 0 saturated heterocycles. The minimum absolute atomic E-state index is 0. The van der Waals surface area contributed by atoms with Crippen molar-refractivity contribution in [1.82, 2.24) is 0 Å². The average molecular weight is 352 g/mol. The third kappa shape index (κ3) is 4.27. The lowest BCUT2D eigenvalue weighted by atomic mass is 9.89. The van der Waals surface area contributed by atoms with Crippen LogP contribution in [0, 0.1) is 6.92 Å². The molecule has 1 aliphatic heterocycles. The van der Waals surface area contributed by atoms with E-state index in [0.717, 1.165) is 24.4 Å². The maximum atomic E-state index is 6.42. The molecule has 4 heteroatoms. The van der Waals surface area contributed by atoms with Gasteiger partial charge in [-0.1, -0.05) is 47.5 Å². The number of halogens is 2. The second kappa shape index (κ2) is 8.16.